The molecule has 2 aliphatic heterocycles. The number of amides is 3. The molecule has 0 aromatic heterocycles. The van der Waals surface area contributed by atoms with Crippen LogP contribution in [-0.2, 0) is 28.7 Å². The molecule has 0 saturated carbocycles. The Morgan fingerprint density at radius 2 is 1.57 bits per heavy atom. The third-order valence-corrected chi connectivity index (χ3v) is 7.12. The number of carbonyl (C=O) groups is 5. The number of alkyl halides is 3. The summed E-state index contributed by atoms with van der Waals surface area (Å²) in [5.74, 6) is -3.57. The van der Waals surface area contributed by atoms with Crippen molar-refractivity contribution in [1.29, 1.82) is 0 Å². The van der Waals surface area contributed by atoms with Gasteiger partial charge in [0, 0.05) is 11.3 Å². The molecule has 2 heterocycles. The van der Waals surface area contributed by atoms with Crippen LogP contribution in [0.5, 0.6) is 0 Å². The number of thioether (sulfide) groups is 1. The maximum absolute atomic E-state index is 13.5. The second kappa shape index (κ2) is 11.1. The molecule has 0 unspecified atom stereocenters. The SMILES string of the molecule is O=C(NC(=O)C(Cl)(Cl)Cl)OCC1=C(C(=O)OC(c2ccccc2)c2ccccc2)N2C(=O)C(=O)[C@H]2SC1. The lowest BCUT2D eigenvalue weighted by molar-refractivity contribution is -0.158. The number of carbonyl (C=O) groups excluding carboxylic acids is 5. The lowest BCUT2D eigenvalue weighted by atomic mass is 10.0. The maximum atomic E-state index is 13.5. The number of nitrogens with zero attached hydrogens (tertiary/aromatic N) is 1. The van der Waals surface area contributed by atoms with Crippen molar-refractivity contribution in [3.8, 4) is 0 Å². The average Bonchev–Trinajstić information content (AvgIpc) is 2.89. The van der Waals surface area contributed by atoms with Crippen molar-refractivity contribution in [3.63, 3.8) is 0 Å². The van der Waals surface area contributed by atoms with Crippen LogP contribution in [0.4, 0.5) is 4.79 Å². The zero-order valence-electron chi connectivity index (χ0n) is 18.7. The zero-order chi connectivity index (χ0) is 26.7. The van der Waals surface area contributed by atoms with Crippen LogP contribution in [0.15, 0.2) is 71.9 Å². The number of nitrogens with one attached hydrogen (secondary N) is 1. The van der Waals surface area contributed by atoms with Gasteiger partial charge in [0.2, 0.25) is 0 Å². The molecule has 0 spiro atoms. The van der Waals surface area contributed by atoms with Crippen molar-refractivity contribution < 1.29 is 33.4 Å². The summed E-state index contributed by atoms with van der Waals surface area (Å²) in [6, 6.07) is 17.9. The Morgan fingerprint density at radius 3 is 2.11 bits per heavy atom. The number of alkyl carbamates (subject to hydrolysis) is 1. The van der Waals surface area contributed by atoms with E-state index in [2.05, 4.69) is 0 Å². The summed E-state index contributed by atoms with van der Waals surface area (Å²) >= 11 is 17.4. The van der Waals surface area contributed by atoms with Gasteiger partial charge in [0.15, 0.2) is 11.5 Å². The van der Waals surface area contributed by atoms with Crippen molar-refractivity contribution in [2.24, 2.45) is 0 Å². The maximum Gasteiger partial charge on any atom is 0.414 e. The molecule has 192 valence electrons. The Hall–Kier alpha value is -3.05. The molecule has 0 bridgehead atoms. The van der Waals surface area contributed by atoms with Gasteiger partial charge in [-0.3, -0.25) is 24.6 Å². The molecule has 4 rings (SSSR count). The van der Waals surface area contributed by atoms with Crippen LogP contribution in [0.1, 0.15) is 17.2 Å². The van der Waals surface area contributed by atoms with Gasteiger partial charge in [-0.2, -0.15) is 0 Å². The van der Waals surface area contributed by atoms with Crippen LogP contribution in [-0.4, -0.2) is 56.1 Å². The smallest absolute Gasteiger partial charge is 0.414 e. The molecule has 1 N–H and O–H groups in total. The van der Waals surface area contributed by atoms with E-state index in [1.165, 1.54) is 0 Å². The lowest BCUT2D eigenvalue weighted by Crippen LogP contribution is -2.62. The summed E-state index contributed by atoms with van der Waals surface area (Å²) in [6.07, 6.45) is -2.06. The molecule has 1 saturated heterocycles. The van der Waals surface area contributed by atoms with E-state index in [4.69, 9.17) is 44.3 Å². The highest BCUT2D eigenvalue weighted by molar-refractivity contribution is 8.01. The zero-order valence-corrected chi connectivity index (χ0v) is 21.8. The third kappa shape index (κ3) is 5.93. The van der Waals surface area contributed by atoms with Crippen LogP contribution < -0.4 is 5.32 Å². The van der Waals surface area contributed by atoms with Gasteiger partial charge in [0.05, 0.1) is 0 Å². The molecule has 37 heavy (non-hydrogen) atoms. The fourth-order valence-electron chi connectivity index (χ4n) is 3.62. The van der Waals surface area contributed by atoms with E-state index < -0.39 is 51.5 Å². The number of halogens is 3. The van der Waals surface area contributed by atoms with E-state index >= 15 is 0 Å². The predicted octanol–water partition coefficient (Wildman–Crippen LogP) is 3.68. The first kappa shape index (κ1) is 27.0. The minimum atomic E-state index is -2.39. The number of esters is 1. The number of fused-ring (bicyclic) bond motifs is 1. The first-order valence-corrected chi connectivity index (χ1v) is 12.8. The minimum Gasteiger partial charge on any atom is -0.448 e. The predicted molar refractivity (Wildman–Crippen MR) is 136 cm³/mol. The normalized spacial score (nSPS) is 17.2. The van der Waals surface area contributed by atoms with E-state index in [-0.39, 0.29) is 17.0 Å². The molecule has 0 radical (unpaired) electrons. The minimum absolute atomic E-state index is 0.0810. The third-order valence-electron chi connectivity index (χ3n) is 5.35. The first-order chi connectivity index (χ1) is 17.6. The molecule has 1 fully saturated rings. The van der Waals surface area contributed by atoms with Crippen molar-refractivity contribution in [1.82, 2.24) is 10.2 Å². The molecule has 2 aliphatic rings. The van der Waals surface area contributed by atoms with Crippen LogP contribution in [0.25, 0.3) is 0 Å². The van der Waals surface area contributed by atoms with Gasteiger partial charge >= 0.3 is 12.1 Å². The van der Waals surface area contributed by atoms with Gasteiger partial charge in [-0.25, -0.2) is 9.59 Å². The summed E-state index contributed by atoms with van der Waals surface area (Å²) in [5, 5.41) is 0.869. The van der Waals surface area contributed by atoms with Crippen LogP contribution in [0.2, 0.25) is 0 Å². The van der Waals surface area contributed by atoms with Gasteiger partial charge in [0.25, 0.3) is 21.4 Å². The van der Waals surface area contributed by atoms with E-state index in [1.807, 2.05) is 12.1 Å². The highest BCUT2D eigenvalue weighted by Gasteiger charge is 2.53. The summed E-state index contributed by atoms with van der Waals surface area (Å²) < 4.78 is 8.50. The number of imide groups is 1. The molecule has 3 amide bonds. The van der Waals surface area contributed by atoms with E-state index in [1.54, 1.807) is 53.8 Å². The van der Waals surface area contributed by atoms with Gasteiger partial charge in [0.1, 0.15) is 12.3 Å². The number of ether oxygens (including phenoxy) is 2. The quantitative estimate of drug-likeness (QED) is 0.237. The summed E-state index contributed by atoms with van der Waals surface area (Å²) in [6.45, 7) is -0.498. The topological polar surface area (TPSA) is 119 Å². The second-order valence-electron chi connectivity index (χ2n) is 7.79. The largest absolute Gasteiger partial charge is 0.448 e. The second-order valence-corrected chi connectivity index (χ2v) is 11.1. The van der Waals surface area contributed by atoms with E-state index in [0.717, 1.165) is 16.7 Å². The Balaban J connectivity index is 1.61. The number of Topliss-reactive ketones (excluding diaryl/α,β-unsaturated/α-hetero) is 1. The number of hydrogen-bond acceptors (Lipinski definition) is 8. The monoisotopic (exact) mass is 582 g/mol. The average molecular weight is 584 g/mol. The number of benzene rings is 2. The highest BCUT2D eigenvalue weighted by atomic mass is 35.6. The fourth-order valence-corrected chi connectivity index (χ4v) is 4.94. The Labute approximate surface area is 230 Å². The Bertz CT molecular complexity index is 1240. The van der Waals surface area contributed by atoms with Crippen LogP contribution in [0, 0.1) is 0 Å². The van der Waals surface area contributed by atoms with Gasteiger partial charge in [-0.15, -0.1) is 11.8 Å². The van der Waals surface area contributed by atoms with Gasteiger partial charge in [-0.1, -0.05) is 95.5 Å². The molecular weight excluding hydrogens is 567 g/mol. The molecule has 1 atom stereocenters. The van der Waals surface area contributed by atoms with Crippen molar-refractivity contribution >= 4 is 76.2 Å². The molecule has 0 aliphatic carbocycles. The Kier molecular flexibility index (Phi) is 8.13. The number of β-lactam (4-membered cyclic amide) rings is 1. The van der Waals surface area contributed by atoms with Crippen LogP contribution >= 0.6 is 46.6 Å². The van der Waals surface area contributed by atoms with Crippen molar-refractivity contribution in [3.05, 3.63) is 83.1 Å². The van der Waals surface area contributed by atoms with E-state index in [0.29, 0.717) is 11.1 Å². The number of hydrogen-bond donors (Lipinski definition) is 1. The highest BCUT2D eigenvalue weighted by Crippen LogP contribution is 2.39. The Morgan fingerprint density at radius 1 is 1.00 bits per heavy atom. The number of rotatable bonds is 6. The first-order valence-electron chi connectivity index (χ1n) is 10.6. The van der Waals surface area contributed by atoms with Gasteiger partial charge in [-0.05, 0) is 11.1 Å². The number of ketones is 1. The summed E-state index contributed by atoms with van der Waals surface area (Å²) in [5.41, 5.74) is 1.35. The fraction of sp³-hybridized carbons (Fsp3) is 0.208. The molecule has 2 aromatic carbocycles. The van der Waals surface area contributed by atoms with Crippen LogP contribution in [0.3, 0.4) is 0 Å². The lowest BCUT2D eigenvalue weighted by Gasteiger charge is -2.42. The summed E-state index contributed by atoms with van der Waals surface area (Å²) in [7, 11) is 0. The van der Waals surface area contributed by atoms with E-state index in [9.17, 15) is 24.0 Å². The molecular formula is C24H17Cl3N2O7S. The van der Waals surface area contributed by atoms with Crippen molar-refractivity contribution in [2.75, 3.05) is 12.4 Å². The standard InChI is InChI=1S/C24H17Cl3N2O7S/c25-24(26,27)22(33)28-23(34)35-11-15-12-37-20-17(30)19(31)29(20)16(15)21(32)36-18(13-7-3-1-4-8-13)14-9-5-2-6-10-14/h1-10,18,20H,11-12H2,(H,28,33,34)/t20-/m1/s1. The summed E-state index contributed by atoms with van der Waals surface area (Å²) in [4.78, 5) is 62.7. The molecule has 9 nitrogen and oxygen atoms in total. The van der Waals surface area contributed by atoms with Gasteiger partial charge < -0.3 is 9.47 Å². The molecule has 13 heteroatoms. The van der Waals surface area contributed by atoms with Crippen molar-refractivity contribution in [2.45, 2.75) is 15.3 Å². The molecule has 2 aromatic rings.